The van der Waals surface area contributed by atoms with Gasteiger partial charge in [0.25, 0.3) is 0 Å². The van der Waals surface area contributed by atoms with Gasteiger partial charge in [0.05, 0.1) is 17.1 Å². The van der Waals surface area contributed by atoms with Gasteiger partial charge in [0.2, 0.25) is 5.91 Å². The van der Waals surface area contributed by atoms with E-state index in [1.807, 2.05) is 25.3 Å². The van der Waals surface area contributed by atoms with Gasteiger partial charge in [0.1, 0.15) is 5.58 Å². The first-order valence-electron chi connectivity index (χ1n) is 6.76. The number of carbonyl (C=O) groups is 1. The molecule has 2 aromatic heterocycles. The van der Waals surface area contributed by atoms with E-state index in [1.54, 1.807) is 12.1 Å². The lowest BCUT2D eigenvalue weighted by Crippen LogP contribution is -2.14. The van der Waals surface area contributed by atoms with Gasteiger partial charge >= 0.3 is 5.63 Å². The molecule has 0 radical (unpaired) electrons. The lowest BCUT2D eigenvalue weighted by molar-refractivity contribution is -0.115. The lowest BCUT2D eigenvalue weighted by atomic mass is 10.1. The fraction of sp³-hybridized carbons (Fsp3) is 0.188. The third kappa shape index (κ3) is 3.07. The molecule has 5 nitrogen and oxygen atoms in total. The molecule has 22 heavy (non-hydrogen) atoms. The Hall–Kier alpha value is -2.47. The number of benzene rings is 1. The predicted molar refractivity (Wildman–Crippen MR) is 86.4 cm³/mol. The number of rotatable bonds is 3. The minimum absolute atomic E-state index is 0.153. The van der Waals surface area contributed by atoms with Crippen molar-refractivity contribution in [3.05, 3.63) is 56.3 Å². The molecule has 0 aliphatic heterocycles. The molecule has 0 spiro atoms. The molecule has 3 rings (SSSR count). The highest BCUT2D eigenvalue weighted by Gasteiger charge is 2.09. The summed E-state index contributed by atoms with van der Waals surface area (Å²) in [5.41, 5.74) is 2.27. The molecule has 3 aromatic rings. The fourth-order valence-electron chi connectivity index (χ4n) is 2.26. The number of nitrogens with zero attached hydrogens (tertiary/aromatic N) is 1. The number of carbonyl (C=O) groups excluding carboxylic acids is 1. The van der Waals surface area contributed by atoms with Gasteiger partial charge in [-0.1, -0.05) is 0 Å². The molecule has 1 N–H and O–H groups in total. The number of aryl methyl sites for hydroxylation is 2. The minimum Gasteiger partial charge on any atom is -0.423 e. The van der Waals surface area contributed by atoms with Crippen molar-refractivity contribution in [1.82, 2.24) is 4.98 Å². The molecule has 0 aliphatic carbocycles. The Morgan fingerprint density at radius 1 is 1.32 bits per heavy atom. The van der Waals surface area contributed by atoms with E-state index in [1.165, 1.54) is 17.4 Å². The standard InChI is InChI=1S/C16H14N2O3S/c1-9-5-16(20)21-14-6-11(3-4-13(9)14)18-15(19)7-12-8-22-10(2)17-12/h3-6,8H,7H2,1-2H3,(H,18,19). The molecule has 0 bridgehead atoms. The Labute approximate surface area is 130 Å². The van der Waals surface area contributed by atoms with Crippen LogP contribution in [0.4, 0.5) is 5.69 Å². The van der Waals surface area contributed by atoms with Crippen LogP contribution in [0.15, 0.2) is 38.9 Å². The van der Waals surface area contributed by atoms with Crippen LogP contribution in [0.2, 0.25) is 0 Å². The van der Waals surface area contributed by atoms with E-state index in [-0.39, 0.29) is 12.3 Å². The van der Waals surface area contributed by atoms with Crippen LogP contribution in [0.1, 0.15) is 16.3 Å². The van der Waals surface area contributed by atoms with Crippen LogP contribution < -0.4 is 10.9 Å². The minimum atomic E-state index is -0.397. The molecular weight excluding hydrogens is 300 g/mol. The van der Waals surface area contributed by atoms with Gasteiger partial charge < -0.3 is 9.73 Å². The molecule has 6 heteroatoms. The van der Waals surface area contributed by atoms with Crippen molar-refractivity contribution in [2.24, 2.45) is 0 Å². The van der Waals surface area contributed by atoms with E-state index in [4.69, 9.17) is 4.42 Å². The van der Waals surface area contributed by atoms with Gasteiger partial charge in [-0.2, -0.15) is 0 Å². The quantitative estimate of drug-likeness (QED) is 0.754. The average Bonchev–Trinajstić information content (AvgIpc) is 2.83. The smallest absolute Gasteiger partial charge is 0.336 e. The van der Waals surface area contributed by atoms with Crippen molar-refractivity contribution >= 4 is 33.9 Å². The molecule has 0 saturated heterocycles. The molecule has 2 heterocycles. The predicted octanol–water partition coefficient (Wildman–Crippen LogP) is 3.05. The number of nitrogens with one attached hydrogen (secondary N) is 1. The second-order valence-corrected chi connectivity index (χ2v) is 6.10. The van der Waals surface area contributed by atoms with Crippen LogP contribution in [-0.4, -0.2) is 10.9 Å². The van der Waals surface area contributed by atoms with E-state index in [2.05, 4.69) is 10.3 Å². The van der Waals surface area contributed by atoms with Gasteiger partial charge in [0, 0.05) is 28.6 Å². The Morgan fingerprint density at radius 2 is 2.14 bits per heavy atom. The number of hydrogen-bond acceptors (Lipinski definition) is 5. The van der Waals surface area contributed by atoms with Crippen LogP contribution in [-0.2, 0) is 11.2 Å². The summed E-state index contributed by atoms with van der Waals surface area (Å²) in [4.78, 5) is 27.7. The molecule has 0 aliphatic rings. The normalized spacial score (nSPS) is 10.8. The number of anilines is 1. The zero-order valence-electron chi connectivity index (χ0n) is 12.2. The molecule has 0 atom stereocenters. The molecule has 1 aromatic carbocycles. The zero-order valence-corrected chi connectivity index (χ0v) is 13.0. The number of aromatic nitrogens is 1. The van der Waals surface area contributed by atoms with Gasteiger partial charge in [-0.25, -0.2) is 9.78 Å². The van der Waals surface area contributed by atoms with Gasteiger partial charge in [0.15, 0.2) is 0 Å². The highest BCUT2D eigenvalue weighted by molar-refractivity contribution is 7.09. The van der Waals surface area contributed by atoms with Crippen molar-refractivity contribution in [2.45, 2.75) is 20.3 Å². The first kappa shape index (κ1) is 14.5. The van der Waals surface area contributed by atoms with Crippen molar-refractivity contribution < 1.29 is 9.21 Å². The molecule has 112 valence electrons. The third-order valence-corrected chi connectivity index (χ3v) is 4.07. The second-order valence-electron chi connectivity index (χ2n) is 5.04. The summed E-state index contributed by atoms with van der Waals surface area (Å²) in [5.74, 6) is -0.153. The Kier molecular flexibility index (Phi) is 3.77. The van der Waals surface area contributed by atoms with E-state index in [0.29, 0.717) is 11.3 Å². The first-order valence-corrected chi connectivity index (χ1v) is 7.64. The van der Waals surface area contributed by atoms with E-state index in [9.17, 15) is 9.59 Å². The summed E-state index contributed by atoms with van der Waals surface area (Å²) < 4.78 is 5.17. The highest BCUT2D eigenvalue weighted by Crippen LogP contribution is 2.21. The van der Waals surface area contributed by atoms with Crippen molar-refractivity contribution in [1.29, 1.82) is 0 Å². The Balaban J connectivity index is 1.81. The van der Waals surface area contributed by atoms with Gasteiger partial charge in [-0.3, -0.25) is 4.79 Å². The highest BCUT2D eigenvalue weighted by atomic mass is 32.1. The largest absolute Gasteiger partial charge is 0.423 e. The molecule has 0 unspecified atom stereocenters. The second kappa shape index (κ2) is 5.73. The van der Waals surface area contributed by atoms with Gasteiger partial charge in [-0.15, -0.1) is 11.3 Å². The number of thiazole rings is 1. The summed E-state index contributed by atoms with van der Waals surface area (Å²) in [6.45, 7) is 3.75. The number of hydrogen-bond donors (Lipinski definition) is 1. The maximum absolute atomic E-state index is 12.0. The molecule has 0 saturated carbocycles. The summed E-state index contributed by atoms with van der Waals surface area (Å²) in [7, 11) is 0. The molecule has 0 fully saturated rings. The third-order valence-electron chi connectivity index (χ3n) is 3.24. The van der Waals surface area contributed by atoms with Gasteiger partial charge in [-0.05, 0) is 31.5 Å². The average molecular weight is 314 g/mol. The number of fused-ring (bicyclic) bond motifs is 1. The van der Waals surface area contributed by atoms with Crippen LogP contribution in [0.3, 0.4) is 0 Å². The van der Waals surface area contributed by atoms with Crippen LogP contribution in [0.5, 0.6) is 0 Å². The van der Waals surface area contributed by atoms with Crippen LogP contribution in [0, 0.1) is 13.8 Å². The number of amides is 1. The van der Waals surface area contributed by atoms with Crippen molar-refractivity contribution in [2.75, 3.05) is 5.32 Å². The Morgan fingerprint density at radius 3 is 2.86 bits per heavy atom. The SMILES string of the molecule is Cc1nc(CC(=O)Nc2ccc3c(C)cc(=O)oc3c2)cs1. The summed E-state index contributed by atoms with van der Waals surface area (Å²) in [6, 6.07) is 6.73. The van der Waals surface area contributed by atoms with Crippen molar-refractivity contribution in [3.8, 4) is 0 Å². The monoisotopic (exact) mass is 314 g/mol. The van der Waals surface area contributed by atoms with E-state index in [0.717, 1.165) is 21.7 Å². The lowest BCUT2D eigenvalue weighted by Gasteiger charge is -2.06. The molecular formula is C16H14N2O3S. The van der Waals surface area contributed by atoms with E-state index >= 15 is 0 Å². The van der Waals surface area contributed by atoms with Crippen LogP contribution >= 0.6 is 11.3 Å². The summed E-state index contributed by atoms with van der Waals surface area (Å²) in [5, 5.41) is 6.46. The van der Waals surface area contributed by atoms with E-state index < -0.39 is 5.63 Å². The Bertz CT molecular complexity index is 911. The first-order chi connectivity index (χ1) is 10.5. The fourth-order valence-corrected chi connectivity index (χ4v) is 2.87. The summed E-state index contributed by atoms with van der Waals surface area (Å²) >= 11 is 1.52. The maximum atomic E-state index is 12.0. The zero-order chi connectivity index (χ0) is 15.7. The maximum Gasteiger partial charge on any atom is 0.336 e. The topological polar surface area (TPSA) is 72.2 Å². The summed E-state index contributed by atoms with van der Waals surface area (Å²) in [6.07, 6.45) is 0.222. The van der Waals surface area contributed by atoms with Crippen molar-refractivity contribution in [3.63, 3.8) is 0 Å². The van der Waals surface area contributed by atoms with Crippen LogP contribution in [0.25, 0.3) is 11.0 Å². The molecule has 1 amide bonds.